The van der Waals surface area contributed by atoms with Gasteiger partial charge in [-0.15, -0.1) is 16.4 Å². The van der Waals surface area contributed by atoms with E-state index in [4.69, 9.17) is 5.73 Å². The lowest BCUT2D eigenvalue weighted by atomic mass is 10.1. The molecule has 0 aliphatic rings. The van der Waals surface area contributed by atoms with Gasteiger partial charge in [-0.1, -0.05) is 17.8 Å². The van der Waals surface area contributed by atoms with Crippen LogP contribution in [0.2, 0.25) is 0 Å². The van der Waals surface area contributed by atoms with Crippen molar-refractivity contribution in [3.8, 4) is 0 Å². The zero-order valence-corrected chi connectivity index (χ0v) is 11.6. The van der Waals surface area contributed by atoms with Crippen molar-refractivity contribution < 1.29 is 13.2 Å². The summed E-state index contributed by atoms with van der Waals surface area (Å²) in [7, 11) is 0. The lowest BCUT2D eigenvalue weighted by Gasteiger charge is -2.07. The molecule has 0 amide bonds. The topological polar surface area (TPSA) is 64.7 Å². The van der Waals surface area contributed by atoms with Gasteiger partial charge in [-0.2, -0.15) is 13.2 Å². The van der Waals surface area contributed by atoms with Gasteiger partial charge in [0.1, 0.15) is 0 Å². The molecule has 0 fully saturated rings. The minimum atomic E-state index is -4.43. The normalized spacial score (nSPS) is 13.7. The minimum Gasteiger partial charge on any atom is -0.319 e. The Morgan fingerprint density at radius 3 is 2.74 bits per heavy atom. The first-order valence-electron chi connectivity index (χ1n) is 5.53. The molecule has 1 atom stereocenters. The van der Waals surface area contributed by atoms with E-state index in [0.29, 0.717) is 27.5 Å². The fraction of sp³-hybridized carbons (Fsp3) is 0.500. The molecule has 9 heteroatoms. The van der Waals surface area contributed by atoms with E-state index in [1.54, 1.807) is 0 Å². The third kappa shape index (κ3) is 3.10. The number of aryl methyl sites for hydroxylation is 1. The third-order valence-corrected chi connectivity index (χ3v) is 4.40. The first-order chi connectivity index (χ1) is 8.93. The molecular weight excluding hydrogens is 297 g/mol. The fourth-order valence-electron chi connectivity index (χ4n) is 1.55. The van der Waals surface area contributed by atoms with Gasteiger partial charge in [0, 0.05) is 11.1 Å². The zero-order chi connectivity index (χ0) is 14.0. The van der Waals surface area contributed by atoms with Gasteiger partial charge < -0.3 is 5.73 Å². The summed E-state index contributed by atoms with van der Waals surface area (Å²) in [6.45, 7) is 1.99. The van der Waals surface area contributed by atoms with Crippen molar-refractivity contribution in [2.24, 2.45) is 5.73 Å². The molecule has 0 bridgehead atoms. The van der Waals surface area contributed by atoms with Crippen LogP contribution in [-0.2, 0) is 12.6 Å². The Bertz CT molecular complexity index is 549. The maximum atomic E-state index is 12.5. The molecule has 0 aliphatic carbocycles. The quantitative estimate of drug-likeness (QED) is 0.943. The monoisotopic (exact) mass is 308 g/mol. The zero-order valence-electron chi connectivity index (χ0n) is 9.94. The molecular formula is C10H11F3N4S2. The van der Waals surface area contributed by atoms with Gasteiger partial charge >= 0.3 is 6.18 Å². The Balaban J connectivity index is 2.26. The Morgan fingerprint density at radius 2 is 2.16 bits per heavy atom. The molecule has 19 heavy (non-hydrogen) atoms. The number of thiazole rings is 1. The smallest absolute Gasteiger partial charge is 0.319 e. The van der Waals surface area contributed by atoms with Gasteiger partial charge in [0.2, 0.25) is 0 Å². The molecule has 2 rings (SSSR count). The van der Waals surface area contributed by atoms with Crippen LogP contribution in [0.1, 0.15) is 39.8 Å². The van der Waals surface area contributed by atoms with Crippen molar-refractivity contribution in [3.63, 3.8) is 0 Å². The van der Waals surface area contributed by atoms with Crippen LogP contribution in [0.3, 0.4) is 0 Å². The van der Waals surface area contributed by atoms with Crippen LogP contribution < -0.4 is 5.73 Å². The van der Waals surface area contributed by atoms with Gasteiger partial charge in [0.05, 0.1) is 16.6 Å². The number of halogens is 3. The maximum Gasteiger partial charge on any atom is 0.443 e. The van der Waals surface area contributed by atoms with Crippen molar-refractivity contribution in [3.05, 3.63) is 26.7 Å². The fourth-order valence-corrected chi connectivity index (χ4v) is 3.14. The van der Waals surface area contributed by atoms with Gasteiger partial charge in [0.25, 0.3) is 0 Å². The van der Waals surface area contributed by atoms with E-state index < -0.39 is 17.2 Å². The summed E-state index contributed by atoms with van der Waals surface area (Å²) >= 11 is 1.68. The Labute approximate surface area is 115 Å². The van der Waals surface area contributed by atoms with Crippen LogP contribution in [0.5, 0.6) is 0 Å². The molecule has 4 nitrogen and oxygen atoms in total. The standard InChI is InChI=1S/C10H11F3N4S2/c1-2-3-5-8(19-17-16-5)7(14)6-4-15-9(18-6)10(11,12)13/h4,7H,2-3,14H2,1H3. The molecule has 0 aliphatic heterocycles. The van der Waals surface area contributed by atoms with Gasteiger partial charge in [-0.25, -0.2) is 4.98 Å². The molecule has 0 radical (unpaired) electrons. The molecule has 0 spiro atoms. The van der Waals surface area contributed by atoms with Crippen LogP contribution >= 0.6 is 22.9 Å². The number of nitrogens with two attached hydrogens (primary N) is 1. The summed E-state index contributed by atoms with van der Waals surface area (Å²) in [4.78, 5) is 4.45. The van der Waals surface area contributed by atoms with Crippen molar-refractivity contribution in [1.82, 2.24) is 14.6 Å². The van der Waals surface area contributed by atoms with Crippen LogP contribution in [0, 0.1) is 0 Å². The Morgan fingerprint density at radius 1 is 1.42 bits per heavy atom. The van der Waals surface area contributed by atoms with Crippen LogP contribution in [-0.4, -0.2) is 14.6 Å². The number of rotatable bonds is 4. The molecule has 2 aromatic rings. The SMILES string of the molecule is CCCc1nnsc1C(N)c1cnc(C(F)(F)F)s1. The first-order valence-corrected chi connectivity index (χ1v) is 7.12. The van der Waals surface area contributed by atoms with E-state index in [9.17, 15) is 13.2 Å². The average molecular weight is 308 g/mol. The summed E-state index contributed by atoms with van der Waals surface area (Å²) < 4.78 is 41.3. The predicted octanol–water partition coefficient (Wildman–Crippen LogP) is 3.01. The molecule has 1 unspecified atom stereocenters. The van der Waals surface area contributed by atoms with Crippen LogP contribution in [0.15, 0.2) is 6.20 Å². The maximum absolute atomic E-state index is 12.5. The van der Waals surface area contributed by atoms with Gasteiger partial charge in [-0.3, -0.25) is 0 Å². The first kappa shape index (κ1) is 14.4. The molecule has 2 aromatic heterocycles. The van der Waals surface area contributed by atoms with E-state index in [1.807, 2.05) is 6.92 Å². The number of nitrogens with zero attached hydrogens (tertiary/aromatic N) is 3. The molecule has 0 saturated carbocycles. The van der Waals surface area contributed by atoms with Crippen LogP contribution in [0.4, 0.5) is 13.2 Å². The second-order valence-corrected chi connectivity index (χ2v) is 5.73. The van der Waals surface area contributed by atoms with Crippen LogP contribution in [0.25, 0.3) is 0 Å². The molecule has 2 N–H and O–H groups in total. The van der Waals surface area contributed by atoms with Gasteiger partial charge in [-0.05, 0) is 18.0 Å². The number of alkyl halides is 3. The second kappa shape index (κ2) is 5.51. The molecule has 0 aromatic carbocycles. The summed E-state index contributed by atoms with van der Waals surface area (Å²) in [5.41, 5.74) is 6.73. The molecule has 2 heterocycles. The summed E-state index contributed by atoms with van der Waals surface area (Å²) in [6, 6.07) is -0.643. The van der Waals surface area contributed by atoms with Gasteiger partial charge in [0.15, 0.2) is 5.01 Å². The van der Waals surface area contributed by atoms with Crippen molar-refractivity contribution in [2.75, 3.05) is 0 Å². The summed E-state index contributed by atoms with van der Waals surface area (Å²) in [5.74, 6) is 0. The van der Waals surface area contributed by atoms with Crippen molar-refractivity contribution in [1.29, 1.82) is 0 Å². The number of hydrogen-bond donors (Lipinski definition) is 1. The summed E-state index contributed by atoms with van der Waals surface area (Å²) in [6.07, 6.45) is -1.67. The Kier molecular flexibility index (Phi) is 4.16. The van der Waals surface area contributed by atoms with Crippen molar-refractivity contribution in [2.45, 2.75) is 32.0 Å². The lowest BCUT2D eigenvalue weighted by molar-refractivity contribution is -0.137. The highest BCUT2D eigenvalue weighted by Crippen LogP contribution is 2.36. The minimum absolute atomic E-state index is 0.371. The second-order valence-electron chi connectivity index (χ2n) is 3.88. The third-order valence-electron chi connectivity index (χ3n) is 2.43. The van der Waals surface area contributed by atoms with E-state index >= 15 is 0 Å². The van der Waals surface area contributed by atoms with E-state index in [0.717, 1.165) is 23.6 Å². The largest absolute Gasteiger partial charge is 0.443 e. The van der Waals surface area contributed by atoms with E-state index in [2.05, 4.69) is 14.6 Å². The van der Waals surface area contributed by atoms with Crippen molar-refractivity contribution >= 4 is 22.9 Å². The Hall–Kier alpha value is -1.06. The highest BCUT2D eigenvalue weighted by Gasteiger charge is 2.35. The molecule has 104 valence electrons. The van der Waals surface area contributed by atoms with E-state index in [-0.39, 0.29) is 0 Å². The molecule has 0 saturated heterocycles. The van der Waals surface area contributed by atoms with E-state index in [1.165, 1.54) is 6.20 Å². The highest BCUT2D eigenvalue weighted by molar-refractivity contribution is 7.12. The lowest BCUT2D eigenvalue weighted by Crippen LogP contribution is -2.11. The summed E-state index contributed by atoms with van der Waals surface area (Å²) in [5, 5.41) is 3.08. The number of aromatic nitrogens is 3. The highest BCUT2D eigenvalue weighted by atomic mass is 32.1. The predicted molar refractivity (Wildman–Crippen MR) is 67.1 cm³/mol. The number of hydrogen-bond acceptors (Lipinski definition) is 6. The average Bonchev–Trinajstić information content (AvgIpc) is 2.96.